The second-order valence-corrected chi connectivity index (χ2v) is 4.83. The molecular weight excluding hydrogens is 320 g/mol. The largest absolute Gasteiger partial charge is 0.477 e. The van der Waals surface area contributed by atoms with Gasteiger partial charge in [0.05, 0.1) is 4.92 Å². The summed E-state index contributed by atoms with van der Waals surface area (Å²) in [6.07, 6.45) is 2.43. The first kappa shape index (κ1) is 15.1. The molecule has 0 amide bonds. The Morgan fingerprint density at radius 3 is 2.76 bits per heavy atom. The number of carbonyl (C=O) groups is 1. The van der Waals surface area contributed by atoms with Gasteiger partial charge in [-0.05, 0) is 27.7 Å². The van der Waals surface area contributed by atoms with Gasteiger partial charge in [0, 0.05) is 35.5 Å². The topological polar surface area (TPSA) is 103 Å². The Kier molecular flexibility index (Phi) is 4.61. The summed E-state index contributed by atoms with van der Waals surface area (Å²) in [5, 5.41) is 20.0. The van der Waals surface area contributed by atoms with Crippen molar-refractivity contribution in [3.8, 4) is 11.5 Å². The van der Waals surface area contributed by atoms with Crippen LogP contribution in [0.4, 0.5) is 5.69 Å². The minimum absolute atomic E-state index is 0.0441. The van der Waals surface area contributed by atoms with Crippen molar-refractivity contribution >= 4 is 33.3 Å². The highest BCUT2D eigenvalue weighted by Crippen LogP contribution is 2.36. The van der Waals surface area contributed by atoms with Gasteiger partial charge in [0.15, 0.2) is 0 Å². The highest BCUT2D eigenvalue weighted by Gasteiger charge is 2.19. The maximum atomic E-state index is 11.1. The lowest BCUT2D eigenvalue weighted by atomic mass is 10.2. The van der Waals surface area contributed by atoms with Crippen LogP contribution in [0, 0.1) is 10.1 Å². The molecule has 0 radical (unpaired) electrons. The minimum atomic E-state index is -1.25. The van der Waals surface area contributed by atoms with Crippen molar-refractivity contribution in [2.75, 3.05) is 0 Å². The molecule has 1 heterocycles. The molecule has 0 unspecified atom stereocenters. The van der Waals surface area contributed by atoms with E-state index in [0.29, 0.717) is 4.90 Å². The number of carboxylic acids is 1. The predicted octanol–water partition coefficient (Wildman–Crippen LogP) is 3.73. The van der Waals surface area contributed by atoms with Crippen molar-refractivity contribution in [3.05, 3.63) is 52.3 Å². The molecule has 0 aliphatic rings. The molecule has 108 valence electrons. The molecule has 0 spiro atoms. The molecule has 1 N–H and O–H groups in total. The maximum Gasteiger partial charge on any atom is 0.341 e. The van der Waals surface area contributed by atoms with Gasteiger partial charge in [-0.2, -0.15) is 0 Å². The molecular formula is C12H7ClN2O5S. The van der Waals surface area contributed by atoms with Gasteiger partial charge in [-0.25, -0.2) is 4.79 Å². The summed E-state index contributed by atoms with van der Waals surface area (Å²) in [5.74, 6) is -1.39. The van der Waals surface area contributed by atoms with Crippen LogP contribution in [-0.4, -0.2) is 21.0 Å². The van der Waals surface area contributed by atoms with Crippen LogP contribution in [-0.2, 0) is 0 Å². The molecule has 21 heavy (non-hydrogen) atoms. The third-order valence-corrected chi connectivity index (χ3v) is 3.42. The number of rotatable bonds is 5. The maximum absolute atomic E-state index is 11.1. The van der Waals surface area contributed by atoms with Gasteiger partial charge in [0.1, 0.15) is 11.3 Å². The van der Waals surface area contributed by atoms with E-state index in [1.807, 2.05) is 0 Å². The van der Waals surface area contributed by atoms with Gasteiger partial charge >= 0.3 is 11.7 Å². The van der Waals surface area contributed by atoms with Crippen molar-refractivity contribution in [2.45, 2.75) is 4.90 Å². The predicted molar refractivity (Wildman–Crippen MR) is 76.1 cm³/mol. The number of benzene rings is 1. The number of carboxylic acid groups (broad SMARTS) is 1. The van der Waals surface area contributed by atoms with E-state index in [0.717, 1.165) is 17.2 Å². The fourth-order valence-corrected chi connectivity index (χ4v) is 2.08. The van der Waals surface area contributed by atoms with Crippen LogP contribution in [0.25, 0.3) is 0 Å². The van der Waals surface area contributed by atoms with E-state index in [1.165, 1.54) is 30.5 Å². The van der Waals surface area contributed by atoms with E-state index in [4.69, 9.17) is 20.5 Å². The molecule has 7 nitrogen and oxygen atoms in total. The van der Waals surface area contributed by atoms with Gasteiger partial charge in [0.2, 0.25) is 5.75 Å². The van der Waals surface area contributed by atoms with Crippen LogP contribution in [0.2, 0.25) is 0 Å². The van der Waals surface area contributed by atoms with Crippen molar-refractivity contribution in [1.29, 1.82) is 0 Å². The average Bonchev–Trinajstić information content (AvgIpc) is 2.47. The summed E-state index contributed by atoms with van der Waals surface area (Å²) in [7, 11) is 6.47. The molecule has 0 atom stereocenters. The molecule has 1 aromatic heterocycles. The van der Waals surface area contributed by atoms with Crippen molar-refractivity contribution in [2.24, 2.45) is 0 Å². The van der Waals surface area contributed by atoms with Crippen molar-refractivity contribution in [1.82, 2.24) is 4.98 Å². The van der Waals surface area contributed by atoms with Crippen LogP contribution >= 0.6 is 21.7 Å². The highest BCUT2D eigenvalue weighted by molar-refractivity contribution is 8.21. The molecule has 2 rings (SSSR count). The fraction of sp³-hybridized carbons (Fsp3) is 0. The summed E-state index contributed by atoms with van der Waals surface area (Å²) in [6.45, 7) is 0. The Morgan fingerprint density at radius 2 is 2.14 bits per heavy atom. The molecule has 0 fully saturated rings. The van der Waals surface area contributed by atoms with Crippen LogP contribution in [0.3, 0.4) is 0 Å². The first-order chi connectivity index (χ1) is 10.0. The Hall–Kier alpha value is -2.32. The van der Waals surface area contributed by atoms with E-state index >= 15 is 0 Å². The quantitative estimate of drug-likeness (QED) is 0.659. The number of aromatic nitrogens is 1. The number of halogens is 1. The van der Waals surface area contributed by atoms with Crippen LogP contribution in [0.15, 0.2) is 41.6 Å². The van der Waals surface area contributed by atoms with Crippen molar-refractivity contribution < 1.29 is 19.6 Å². The summed E-state index contributed by atoms with van der Waals surface area (Å²) in [6, 6.07) is 5.38. The SMILES string of the molecule is O=C(O)c1cnccc1Oc1cc(SCl)ccc1[N+](=O)[O-]. The van der Waals surface area contributed by atoms with Gasteiger partial charge in [-0.1, -0.05) is 0 Å². The zero-order chi connectivity index (χ0) is 15.4. The molecule has 9 heteroatoms. The number of ether oxygens (including phenoxy) is 1. The smallest absolute Gasteiger partial charge is 0.341 e. The number of aromatic carboxylic acids is 1. The number of nitro groups is 1. The summed E-state index contributed by atoms with van der Waals surface area (Å²) in [4.78, 5) is 25.6. The van der Waals surface area contributed by atoms with E-state index in [-0.39, 0.29) is 22.7 Å². The second-order valence-electron chi connectivity index (χ2n) is 3.74. The molecule has 0 bridgehead atoms. The number of hydrogen-bond acceptors (Lipinski definition) is 6. The summed E-state index contributed by atoms with van der Waals surface area (Å²) < 4.78 is 5.37. The Morgan fingerprint density at radius 1 is 1.38 bits per heavy atom. The van der Waals surface area contributed by atoms with Gasteiger partial charge < -0.3 is 9.84 Å². The number of nitro benzene ring substituents is 1. The summed E-state index contributed by atoms with van der Waals surface area (Å²) in [5.41, 5.74) is -0.492. The molecule has 0 saturated heterocycles. The molecule has 0 aliphatic heterocycles. The van der Waals surface area contributed by atoms with E-state index in [1.54, 1.807) is 0 Å². The third-order valence-electron chi connectivity index (χ3n) is 2.45. The highest BCUT2D eigenvalue weighted by atomic mass is 35.7. The van der Waals surface area contributed by atoms with E-state index < -0.39 is 10.9 Å². The zero-order valence-electron chi connectivity index (χ0n) is 10.2. The van der Waals surface area contributed by atoms with Gasteiger partial charge in [-0.3, -0.25) is 15.1 Å². The minimum Gasteiger partial charge on any atom is -0.477 e. The normalized spacial score (nSPS) is 10.1. The molecule has 2 aromatic rings. The third kappa shape index (κ3) is 3.41. The second kappa shape index (κ2) is 6.42. The van der Waals surface area contributed by atoms with Crippen molar-refractivity contribution in [3.63, 3.8) is 0 Å². The van der Waals surface area contributed by atoms with Gasteiger partial charge in [0.25, 0.3) is 0 Å². The Bertz CT molecular complexity index is 710. The number of hydrogen-bond donors (Lipinski definition) is 1. The fourth-order valence-electron chi connectivity index (χ4n) is 1.52. The lowest BCUT2D eigenvalue weighted by Crippen LogP contribution is -2.01. The molecule has 0 aliphatic carbocycles. The van der Waals surface area contributed by atoms with Crippen LogP contribution < -0.4 is 4.74 Å². The number of pyridine rings is 1. The molecule has 1 aromatic carbocycles. The van der Waals surface area contributed by atoms with E-state index in [2.05, 4.69) is 4.98 Å². The molecule has 0 saturated carbocycles. The Balaban J connectivity index is 2.48. The first-order valence-electron chi connectivity index (χ1n) is 5.45. The Labute approximate surface area is 127 Å². The van der Waals surface area contributed by atoms with Gasteiger partial charge in [-0.15, -0.1) is 0 Å². The standard InChI is InChI=1S/C12H7ClN2O5S/c13-21-7-1-2-9(15(18)19)11(5-7)20-10-3-4-14-6-8(10)12(16)17/h1-6H,(H,16,17). The average molecular weight is 327 g/mol. The lowest BCUT2D eigenvalue weighted by molar-refractivity contribution is -0.385. The number of nitrogens with zero attached hydrogens (tertiary/aromatic N) is 2. The zero-order valence-corrected chi connectivity index (χ0v) is 11.8. The van der Waals surface area contributed by atoms with E-state index in [9.17, 15) is 14.9 Å². The first-order valence-corrected chi connectivity index (χ1v) is 7.09. The lowest BCUT2D eigenvalue weighted by Gasteiger charge is -2.09. The summed E-state index contributed by atoms with van der Waals surface area (Å²) >= 11 is 0. The monoisotopic (exact) mass is 326 g/mol. The van der Waals surface area contributed by atoms with Crippen LogP contribution in [0.5, 0.6) is 11.5 Å². The van der Waals surface area contributed by atoms with Crippen LogP contribution in [0.1, 0.15) is 10.4 Å².